The first-order valence-corrected chi connectivity index (χ1v) is 18.7. The number of rotatable bonds is 7. The number of halogens is 1. The quantitative estimate of drug-likeness (QED) is 0.165. The van der Waals surface area contributed by atoms with E-state index in [9.17, 15) is 19.5 Å². The number of carbonyl (C=O) groups excluding carboxylic acids is 4. The lowest BCUT2D eigenvalue weighted by Crippen LogP contribution is -2.49. The van der Waals surface area contributed by atoms with Gasteiger partial charge in [0.15, 0.2) is 0 Å². The van der Waals surface area contributed by atoms with Gasteiger partial charge < -0.3 is 14.6 Å². The number of ether oxygens (including phenoxy) is 2. The third-order valence-corrected chi connectivity index (χ3v) is 13.4. The first-order chi connectivity index (χ1) is 24.8. The largest absolute Gasteiger partial charge is 0.507 e. The van der Waals surface area contributed by atoms with Crippen molar-refractivity contribution in [2.45, 2.75) is 46.0 Å². The van der Waals surface area contributed by atoms with Crippen LogP contribution in [0.2, 0.25) is 5.02 Å². The van der Waals surface area contributed by atoms with Crippen LogP contribution in [0.5, 0.6) is 17.2 Å². The molecule has 2 aromatic carbocycles. The first-order valence-electron chi connectivity index (χ1n) is 17.5. The summed E-state index contributed by atoms with van der Waals surface area (Å²) in [5.41, 5.74) is 1.30. The number of phenols is 1. The molecule has 52 heavy (non-hydrogen) atoms. The molecule has 4 aromatic rings. The highest BCUT2D eigenvalue weighted by Crippen LogP contribution is 2.65. The zero-order chi connectivity index (χ0) is 37.0. The highest BCUT2D eigenvalue weighted by Gasteiger charge is 2.68. The number of aromatic nitrogens is 2. The minimum absolute atomic E-state index is 0.159. The Labute approximate surface area is 309 Å². The van der Waals surface area contributed by atoms with Crippen molar-refractivity contribution < 1.29 is 33.8 Å². The molecule has 2 aliphatic heterocycles. The van der Waals surface area contributed by atoms with E-state index in [-0.39, 0.29) is 29.7 Å². The molecule has 6 atom stereocenters. The van der Waals surface area contributed by atoms with E-state index in [2.05, 4.69) is 0 Å². The lowest BCUT2D eigenvalue weighted by Gasteiger charge is -2.49. The maximum atomic E-state index is 15.1. The molecule has 0 bridgehead atoms. The Bertz CT molecular complexity index is 2260. The van der Waals surface area contributed by atoms with Crippen LogP contribution in [-0.4, -0.2) is 64.2 Å². The summed E-state index contributed by atoms with van der Waals surface area (Å²) < 4.78 is 13.8. The lowest BCUT2D eigenvalue weighted by molar-refractivity contribution is -0.140. The van der Waals surface area contributed by atoms with Gasteiger partial charge in [-0.1, -0.05) is 30.2 Å². The van der Waals surface area contributed by atoms with Crippen molar-refractivity contribution in [1.29, 1.82) is 0 Å². The Kier molecular flexibility index (Phi) is 8.07. The van der Waals surface area contributed by atoms with E-state index in [0.717, 1.165) is 26.1 Å². The molecular weight excluding hydrogens is 704 g/mol. The van der Waals surface area contributed by atoms with E-state index in [1.54, 1.807) is 42.1 Å². The summed E-state index contributed by atoms with van der Waals surface area (Å²) >= 11 is 7.87. The van der Waals surface area contributed by atoms with Gasteiger partial charge in [-0.3, -0.25) is 28.8 Å². The van der Waals surface area contributed by atoms with E-state index in [4.69, 9.17) is 26.2 Å². The van der Waals surface area contributed by atoms with Gasteiger partial charge in [-0.15, -0.1) is 11.3 Å². The Balaban J connectivity index is 1.28. The molecule has 13 heteroatoms. The molecule has 2 aliphatic carbocycles. The van der Waals surface area contributed by atoms with Crippen LogP contribution in [0.15, 0.2) is 48.0 Å². The number of likely N-dealkylation sites (tertiary alicyclic amines) is 1. The number of aromatic hydroxyl groups is 1. The summed E-state index contributed by atoms with van der Waals surface area (Å²) in [5, 5.41) is 18.1. The predicted octanol–water partition coefficient (Wildman–Crippen LogP) is 6.63. The van der Waals surface area contributed by atoms with Crippen LogP contribution >= 0.6 is 22.9 Å². The minimum atomic E-state index is -1.39. The molecule has 8 rings (SSSR count). The van der Waals surface area contributed by atoms with Crippen LogP contribution in [0.4, 0.5) is 5.82 Å². The van der Waals surface area contributed by atoms with Crippen LogP contribution in [0, 0.1) is 36.0 Å². The maximum absolute atomic E-state index is 15.1. The summed E-state index contributed by atoms with van der Waals surface area (Å²) in [5.74, 6) is -3.98. The number of hydrogen-bond donors (Lipinski definition) is 1. The molecule has 11 nitrogen and oxygen atoms in total. The standard InChI is InChI=1S/C39H39ClN4O7S/c1-7-12-43-35(46)22-10-9-21-24(31(22)37(43)48)16-25-36(47)44(38(49)39(25,3)33(21)32-27(45)14-20(50-5)15-28(32)51-6)30-17-26(41-42(30)4)34-18(2)23-13-19(40)8-11-29(23)52-34/h8-9,11,13-15,17,22,24-25,31,33,45H,7,10,12,16H2,1-6H3. The van der Waals surface area contributed by atoms with Gasteiger partial charge in [-0.05, 0) is 68.2 Å². The number of carbonyl (C=O) groups is 4. The molecule has 6 unspecified atom stereocenters. The number of phenolic OH excluding ortho intramolecular Hbond substituents is 1. The third kappa shape index (κ3) is 4.65. The Hall–Kier alpha value is -4.68. The van der Waals surface area contributed by atoms with Gasteiger partial charge in [-0.25, -0.2) is 4.90 Å². The van der Waals surface area contributed by atoms with Gasteiger partial charge in [0, 0.05) is 53.0 Å². The van der Waals surface area contributed by atoms with Crippen molar-refractivity contribution in [3.8, 4) is 27.8 Å². The van der Waals surface area contributed by atoms with E-state index >= 15 is 4.79 Å². The highest BCUT2D eigenvalue weighted by molar-refractivity contribution is 7.22. The van der Waals surface area contributed by atoms with Gasteiger partial charge in [0.25, 0.3) is 0 Å². The highest BCUT2D eigenvalue weighted by atomic mass is 35.5. The molecule has 2 aromatic heterocycles. The Morgan fingerprint density at radius 3 is 2.52 bits per heavy atom. The van der Waals surface area contributed by atoms with Crippen molar-refractivity contribution in [3.63, 3.8) is 0 Å². The summed E-state index contributed by atoms with van der Waals surface area (Å²) in [7, 11) is 4.65. The third-order valence-electron chi connectivity index (χ3n) is 11.9. The SMILES string of the molecule is CCCN1C(=O)C2CC=C3C(CC4C(=O)N(c5cc(-c6sc7ccc(Cl)cc7c6C)nn5C)C(=O)C4(C)C3c3c(O)cc(OC)cc3OC)C2C1=O. The van der Waals surface area contributed by atoms with Gasteiger partial charge in [-0.2, -0.15) is 5.10 Å². The van der Waals surface area contributed by atoms with Crippen molar-refractivity contribution >= 4 is 62.5 Å². The van der Waals surface area contributed by atoms with Crippen molar-refractivity contribution in [1.82, 2.24) is 14.7 Å². The maximum Gasteiger partial charge on any atom is 0.242 e. The minimum Gasteiger partial charge on any atom is -0.507 e. The first kappa shape index (κ1) is 34.4. The second-order valence-electron chi connectivity index (χ2n) is 14.5. The molecule has 2 saturated heterocycles. The number of allylic oxidation sites excluding steroid dienone is 2. The number of fused-ring (bicyclic) bond motifs is 5. The molecule has 270 valence electrons. The molecule has 0 radical (unpaired) electrons. The average Bonchev–Trinajstić information content (AvgIpc) is 3.79. The monoisotopic (exact) mass is 742 g/mol. The number of hydrogen-bond acceptors (Lipinski definition) is 9. The van der Waals surface area contributed by atoms with Crippen LogP contribution in [0.25, 0.3) is 20.7 Å². The molecular formula is C39H39ClN4O7S. The van der Waals surface area contributed by atoms with Gasteiger partial charge in [0.05, 0.1) is 42.3 Å². The number of imide groups is 2. The predicted molar refractivity (Wildman–Crippen MR) is 197 cm³/mol. The number of methoxy groups -OCH3 is 2. The molecule has 1 N–H and O–H groups in total. The van der Waals surface area contributed by atoms with Gasteiger partial charge >= 0.3 is 0 Å². The zero-order valence-electron chi connectivity index (χ0n) is 29.7. The number of benzene rings is 2. The van der Waals surface area contributed by atoms with Crippen LogP contribution in [0.1, 0.15) is 50.2 Å². The van der Waals surface area contributed by atoms with Crippen LogP contribution in [-0.2, 0) is 26.2 Å². The van der Waals surface area contributed by atoms with Crippen molar-refractivity contribution in [2.75, 3.05) is 25.7 Å². The summed E-state index contributed by atoms with van der Waals surface area (Å²) in [6, 6.07) is 10.6. The number of thiophene rings is 1. The number of anilines is 1. The fourth-order valence-electron chi connectivity index (χ4n) is 9.43. The lowest BCUT2D eigenvalue weighted by atomic mass is 9.51. The zero-order valence-corrected chi connectivity index (χ0v) is 31.3. The van der Waals surface area contributed by atoms with Crippen molar-refractivity contribution in [2.24, 2.45) is 36.1 Å². The fourth-order valence-corrected chi connectivity index (χ4v) is 10.7. The Morgan fingerprint density at radius 2 is 1.81 bits per heavy atom. The van der Waals surface area contributed by atoms with E-state index < -0.39 is 46.8 Å². The summed E-state index contributed by atoms with van der Waals surface area (Å²) in [6.45, 7) is 6.02. The van der Waals surface area contributed by atoms with Crippen molar-refractivity contribution in [3.05, 3.63) is 64.2 Å². The second-order valence-corrected chi connectivity index (χ2v) is 15.9. The number of nitrogens with zero attached hydrogens (tertiary/aromatic N) is 4. The normalized spacial score (nSPS) is 26.9. The topological polar surface area (TPSA) is 131 Å². The van der Waals surface area contributed by atoms with E-state index in [1.165, 1.54) is 30.1 Å². The molecule has 1 saturated carbocycles. The van der Waals surface area contributed by atoms with Crippen LogP contribution < -0.4 is 14.4 Å². The molecule has 4 amide bonds. The van der Waals surface area contributed by atoms with Crippen LogP contribution in [0.3, 0.4) is 0 Å². The summed E-state index contributed by atoms with van der Waals surface area (Å²) in [6.07, 6.45) is 3.10. The number of aryl methyl sites for hydroxylation is 2. The summed E-state index contributed by atoms with van der Waals surface area (Å²) in [4.78, 5) is 61.0. The molecule has 4 heterocycles. The fraction of sp³-hybridized carbons (Fsp3) is 0.410. The van der Waals surface area contributed by atoms with E-state index in [0.29, 0.717) is 47.2 Å². The molecule has 4 aliphatic rings. The molecule has 3 fully saturated rings. The van der Waals surface area contributed by atoms with Gasteiger partial charge in [0.2, 0.25) is 23.6 Å². The van der Waals surface area contributed by atoms with E-state index in [1.807, 2.05) is 38.1 Å². The average molecular weight is 743 g/mol. The Morgan fingerprint density at radius 1 is 1.04 bits per heavy atom. The number of amides is 4. The smallest absolute Gasteiger partial charge is 0.242 e. The molecule has 0 spiro atoms. The van der Waals surface area contributed by atoms with Gasteiger partial charge in [0.1, 0.15) is 28.8 Å². The second kappa shape index (κ2) is 12.2.